The lowest BCUT2D eigenvalue weighted by atomic mass is 9.95. The quantitative estimate of drug-likeness (QED) is 0.314. The first-order valence-corrected chi connectivity index (χ1v) is 17.3. The van der Waals surface area contributed by atoms with Gasteiger partial charge in [0, 0.05) is 71.4 Å². The van der Waals surface area contributed by atoms with Gasteiger partial charge in [0.15, 0.2) is 0 Å². The average molecular weight is 588 g/mol. The summed E-state index contributed by atoms with van der Waals surface area (Å²) in [5, 5.41) is 3.04. The predicted octanol–water partition coefficient (Wildman–Crippen LogP) is 7.01. The van der Waals surface area contributed by atoms with Crippen molar-refractivity contribution in [3.8, 4) is 0 Å². The lowest BCUT2D eigenvalue weighted by Gasteiger charge is -2.38. The molecule has 0 aliphatic carbocycles. The number of carbonyl (C=O) groups excluding carboxylic acids is 2. The second kappa shape index (κ2) is 35.0. The fourth-order valence-electron chi connectivity index (χ4n) is 3.97. The van der Waals surface area contributed by atoms with E-state index in [2.05, 4.69) is 82.5 Å². The normalized spacial score (nSPS) is 15.4. The Balaban J connectivity index is -0.000000451. The topological polar surface area (TPSA) is 59.1 Å². The molecule has 7 heteroatoms. The molecule has 2 aliphatic heterocycles. The molecule has 0 radical (unpaired) electrons. The molecule has 41 heavy (non-hydrogen) atoms. The van der Waals surface area contributed by atoms with Crippen LogP contribution in [0.15, 0.2) is 0 Å². The van der Waals surface area contributed by atoms with Crippen LogP contribution in [0.25, 0.3) is 0 Å². The summed E-state index contributed by atoms with van der Waals surface area (Å²) in [6.45, 7) is 36.1. The Hall–Kier alpha value is -1.18. The lowest BCUT2D eigenvalue weighted by molar-refractivity contribution is -0.132. The van der Waals surface area contributed by atoms with Crippen LogP contribution < -0.4 is 5.32 Å². The maximum atomic E-state index is 12.2. The molecule has 2 amide bonds. The first-order chi connectivity index (χ1) is 19.6. The maximum absolute atomic E-state index is 12.2. The van der Waals surface area contributed by atoms with E-state index in [1.165, 1.54) is 19.3 Å². The van der Waals surface area contributed by atoms with E-state index in [0.29, 0.717) is 37.4 Å². The predicted molar refractivity (Wildman–Crippen MR) is 184 cm³/mol. The summed E-state index contributed by atoms with van der Waals surface area (Å²) in [5.74, 6) is 1.13. The van der Waals surface area contributed by atoms with Gasteiger partial charge in [-0.1, -0.05) is 95.4 Å². The minimum absolute atomic E-state index is 0.138. The Morgan fingerprint density at radius 2 is 1.17 bits per heavy atom. The zero-order valence-corrected chi connectivity index (χ0v) is 30.6. The standard InChI is InChI=1S/C21H41N5O2.3C3H8.2C2H6/c1-5-21(28)26-9-6-19(7-10-26)16-24-12-14-25(15-13-24)17-20(27)22-8-11-23(4)18(2)3;3*1-3-2;2*1-2/h18-19H,5-17H2,1-4H3,(H,22,27);3*3H2,1-2H3;2*1-2H3. The Bertz CT molecular complexity index is 524. The van der Waals surface area contributed by atoms with Crippen molar-refractivity contribution in [2.45, 2.75) is 135 Å². The van der Waals surface area contributed by atoms with Crippen molar-refractivity contribution in [2.75, 3.05) is 72.5 Å². The number of carbonyl (C=O) groups is 2. The minimum atomic E-state index is 0.138. The van der Waals surface area contributed by atoms with Gasteiger partial charge in [-0.05, 0) is 39.7 Å². The third-order valence-electron chi connectivity index (χ3n) is 6.29. The summed E-state index contributed by atoms with van der Waals surface area (Å²) in [5.41, 5.74) is 0. The molecule has 0 saturated carbocycles. The van der Waals surface area contributed by atoms with Gasteiger partial charge in [0.1, 0.15) is 0 Å². The van der Waals surface area contributed by atoms with Crippen LogP contribution in [0, 0.1) is 5.92 Å². The molecule has 0 aromatic rings. The van der Waals surface area contributed by atoms with Gasteiger partial charge >= 0.3 is 0 Å². The summed E-state index contributed by atoms with van der Waals surface area (Å²) >= 11 is 0. The molecule has 0 atom stereocenters. The number of hydrogen-bond donors (Lipinski definition) is 1. The SMILES string of the molecule is CC.CC.CCC.CCC.CCC.CCC(=O)N1CCC(CN2CCN(CC(=O)NCCN(C)C(C)C)CC2)CC1. The first-order valence-electron chi connectivity index (χ1n) is 17.3. The summed E-state index contributed by atoms with van der Waals surface area (Å²) in [6.07, 6.45) is 6.62. The molecule has 0 spiro atoms. The molecule has 2 fully saturated rings. The Kier molecular flexibility index (Phi) is 39.9. The molecule has 2 heterocycles. The number of rotatable bonds is 9. The first kappa shape index (κ1) is 46.8. The molecule has 250 valence electrons. The third kappa shape index (κ3) is 28.7. The molecule has 2 saturated heterocycles. The third-order valence-corrected chi connectivity index (χ3v) is 6.29. The van der Waals surface area contributed by atoms with Crippen molar-refractivity contribution < 1.29 is 9.59 Å². The van der Waals surface area contributed by atoms with Crippen LogP contribution in [-0.2, 0) is 9.59 Å². The molecule has 0 unspecified atom stereocenters. The van der Waals surface area contributed by atoms with E-state index >= 15 is 0 Å². The van der Waals surface area contributed by atoms with Gasteiger partial charge in [-0.25, -0.2) is 0 Å². The van der Waals surface area contributed by atoms with Crippen LogP contribution in [0.2, 0.25) is 0 Å². The van der Waals surface area contributed by atoms with Gasteiger partial charge in [0.25, 0.3) is 0 Å². The van der Waals surface area contributed by atoms with Crippen molar-refractivity contribution in [1.82, 2.24) is 24.9 Å². The Morgan fingerprint density at radius 1 is 0.756 bits per heavy atom. The molecular formula is C34H77N5O2. The second-order valence-corrected chi connectivity index (χ2v) is 10.8. The van der Waals surface area contributed by atoms with E-state index in [9.17, 15) is 9.59 Å². The van der Waals surface area contributed by atoms with Crippen LogP contribution in [0.1, 0.15) is 129 Å². The van der Waals surface area contributed by atoms with Crippen molar-refractivity contribution in [3.05, 3.63) is 0 Å². The van der Waals surface area contributed by atoms with Crippen molar-refractivity contribution >= 4 is 11.8 Å². The van der Waals surface area contributed by atoms with Gasteiger partial charge in [0.2, 0.25) is 11.8 Å². The summed E-state index contributed by atoms with van der Waals surface area (Å²) in [6, 6.07) is 0.504. The van der Waals surface area contributed by atoms with Gasteiger partial charge in [-0.2, -0.15) is 0 Å². The molecule has 0 aromatic heterocycles. The molecule has 1 N–H and O–H groups in total. The van der Waals surface area contributed by atoms with E-state index in [1.54, 1.807) is 0 Å². The molecular weight excluding hydrogens is 510 g/mol. The van der Waals surface area contributed by atoms with Crippen molar-refractivity contribution in [1.29, 1.82) is 0 Å². The van der Waals surface area contributed by atoms with Gasteiger partial charge in [0.05, 0.1) is 6.54 Å². The fourth-order valence-corrected chi connectivity index (χ4v) is 3.97. The number of likely N-dealkylation sites (N-methyl/N-ethyl adjacent to an activating group) is 1. The highest BCUT2D eigenvalue weighted by molar-refractivity contribution is 5.78. The van der Waals surface area contributed by atoms with Crippen LogP contribution >= 0.6 is 0 Å². The lowest BCUT2D eigenvalue weighted by Crippen LogP contribution is -2.51. The minimum Gasteiger partial charge on any atom is -0.354 e. The van der Waals surface area contributed by atoms with Crippen molar-refractivity contribution in [2.24, 2.45) is 5.92 Å². The number of likely N-dealkylation sites (tertiary alicyclic amines) is 1. The largest absolute Gasteiger partial charge is 0.354 e. The van der Waals surface area contributed by atoms with E-state index in [0.717, 1.165) is 65.2 Å². The van der Waals surface area contributed by atoms with E-state index < -0.39 is 0 Å². The van der Waals surface area contributed by atoms with Crippen LogP contribution in [-0.4, -0.2) is 110 Å². The summed E-state index contributed by atoms with van der Waals surface area (Å²) in [4.78, 5) is 33.0. The zero-order chi connectivity index (χ0) is 32.6. The molecule has 2 rings (SSSR count). The Morgan fingerprint density at radius 3 is 1.56 bits per heavy atom. The van der Waals surface area contributed by atoms with Crippen LogP contribution in [0.5, 0.6) is 0 Å². The van der Waals surface area contributed by atoms with E-state index in [-0.39, 0.29) is 5.91 Å². The smallest absolute Gasteiger partial charge is 0.234 e. The highest BCUT2D eigenvalue weighted by atomic mass is 16.2. The van der Waals surface area contributed by atoms with E-state index in [4.69, 9.17) is 0 Å². The van der Waals surface area contributed by atoms with Gasteiger partial charge < -0.3 is 20.0 Å². The number of piperazine rings is 1. The summed E-state index contributed by atoms with van der Waals surface area (Å²) in [7, 11) is 2.08. The van der Waals surface area contributed by atoms with Gasteiger partial charge in [-0.3, -0.25) is 14.5 Å². The maximum Gasteiger partial charge on any atom is 0.234 e. The van der Waals surface area contributed by atoms with Crippen LogP contribution in [0.3, 0.4) is 0 Å². The fraction of sp³-hybridized carbons (Fsp3) is 0.941. The van der Waals surface area contributed by atoms with Crippen LogP contribution in [0.4, 0.5) is 0 Å². The number of amides is 2. The Labute approximate surface area is 259 Å². The molecule has 7 nitrogen and oxygen atoms in total. The monoisotopic (exact) mass is 588 g/mol. The number of hydrogen-bond acceptors (Lipinski definition) is 5. The van der Waals surface area contributed by atoms with E-state index in [1.807, 2.05) is 39.5 Å². The highest BCUT2D eigenvalue weighted by Crippen LogP contribution is 2.19. The van der Waals surface area contributed by atoms with Gasteiger partial charge in [-0.15, -0.1) is 0 Å². The number of nitrogens with zero attached hydrogens (tertiary/aromatic N) is 4. The zero-order valence-electron chi connectivity index (χ0n) is 30.6. The molecule has 0 aromatic carbocycles. The molecule has 2 aliphatic rings. The number of nitrogens with one attached hydrogen (secondary N) is 1. The number of piperidine rings is 1. The second-order valence-electron chi connectivity index (χ2n) is 10.8. The molecule has 0 bridgehead atoms. The summed E-state index contributed by atoms with van der Waals surface area (Å²) < 4.78 is 0. The average Bonchev–Trinajstić information content (AvgIpc) is 2.97. The highest BCUT2D eigenvalue weighted by Gasteiger charge is 2.25. The van der Waals surface area contributed by atoms with Crippen molar-refractivity contribution in [3.63, 3.8) is 0 Å².